The van der Waals surface area contributed by atoms with Gasteiger partial charge in [-0.1, -0.05) is 52.3 Å². The van der Waals surface area contributed by atoms with Crippen LogP contribution in [0.25, 0.3) is 10.9 Å². The summed E-state index contributed by atoms with van der Waals surface area (Å²) in [6, 6.07) is 16.3. The van der Waals surface area contributed by atoms with Crippen molar-refractivity contribution in [3.05, 3.63) is 70.3 Å². The zero-order valence-corrected chi connectivity index (χ0v) is 15.3. The first kappa shape index (κ1) is 16.8. The molecule has 2 aromatic carbocycles. The largest absolute Gasteiger partial charge is 0.352 e. The summed E-state index contributed by atoms with van der Waals surface area (Å²) in [6.45, 7) is 3.63. The van der Waals surface area contributed by atoms with E-state index in [2.05, 4.69) is 63.2 Å². The van der Waals surface area contributed by atoms with Crippen LogP contribution in [-0.4, -0.2) is 10.5 Å². The third-order valence-corrected chi connectivity index (χ3v) is 5.04. The first-order chi connectivity index (χ1) is 11.7. The van der Waals surface area contributed by atoms with Gasteiger partial charge in [0.05, 0.1) is 0 Å². The Hall–Kier alpha value is -2.07. The first-order valence-electron chi connectivity index (χ1n) is 8.26. The fourth-order valence-electron chi connectivity index (χ4n) is 2.96. The Balaban J connectivity index is 1.62. The number of carbonyl (C=O) groups is 1. The van der Waals surface area contributed by atoms with Crippen LogP contribution >= 0.6 is 15.9 Å². The monoisotopic (exact) mass is 384 g/mol. The molecule has 0 aliphatic carbocycles. The number of amides is 1. The maximum Gasteiger partial charge on any atom is 0.220 e. The van der Waals surface area contributed by atoms with Crippen LogP contribution in [0, 0.1) is 0 Å². The minimum atomic E-state index is 0.0825. The molecule has 0 spiro atoms. The number of hydrogen-bond donors (Lipinski definition) is 1. The lowest BCUT2D eigenvalue weighted by Gasteiger charge is -2.07. The van der Waals surface area contributed by atoms with E-state index in [9.17, 15) is 4.79 Å². The molecule has 124 valence electrons. The number of rotatable bonds is 6. The zero-order chi connectivity index (χ0) is 16.9. The summed E-state index contributed by atoms with van der Waals surface area (Å²) >= 11 is 3.51. The van der Waals surface area contributed by atoms with Gasteiger partial charge in [0.1, 0.15) is 0 Å². The van der Waals surface area contributed by atoms with Crippen molar-refractivity contribution in [2.45, 2.75) is 32.9 Å². The second kappa shape index (κ2) is 7.67. The standard InChI is InChI=1S/C20H21BrN2O/c1-2-23-14-16(17-8-4-6-10-19(17)23)11-12-20(24)22-13-15-7-3-5-9-18(15)21/h3-10,14H,2,11-13H2,1H3,(H,22,24). The number of nitrogens with zero attached hydrogens (tertiary/aromatic N) is 1. The van der Waals surface area contributed by atoms with Gasteiger partial charge in [0.25, 0.3) is 0 Å². The summed E-state index contributed by atoms with van der Waals surface area (Å²) in [7, 11) is 0. The normalized spacial score (nSPS) is 10.9. The van der Waals surface area contributed by atoms with Gasteiger partial charge in [-0.2, -0.15) is 0 Å². The molecule has 1 aromatic heterocycles. The number of para-hydroxylation sites is 1. The van der Waals surface area contributed by atoms with E-state index in [1.54, 1.807) is 0 Å². The highest BCUT2D eigenvalue weighted by Crippen LogP contribution is 2.22. The van der Waals surface area contributed by atoms with Crippen molar-refractivity contribution in [3.8, 4) is 0 Å². The lowest BCUT2D eigenvalue weighted by Crippen LogP contribution is -2.23. The van der Waals surface area contributed by atoms with Gasteiger partial charge in [0, 0.05) is 41.1 Å². The highest BCUT2D eigenvalue weighted by molar-refractivity contribution is 9.10. The van der Waals surface area contributed by atoms with Crippen molar-refractivity contribution >= 4 is 32.7 Å². The van der Waals surface area contributed by atoms with Crippen LogP contribution in [0.2, 0.25) is 0 Å². The van der Waals surface area contributed by atoms with Gasteiger partial charge in [-0.05, 0) is 36.6 Å². The molecule has 4 heteroatoms. The molecule has 0 radical (unpaired) electrons. The lowest BCUT2D eigenvalue weighted by atomic mass is 10.1. The molecule has 0 aliphatic rings. The molecule has 1 amide bonds. The zero-order valence-electron chi connectivity index (χ0n) is 13.8. The maximum absolute atomic E-state index is 12.2. The average Bonchev–Trinajstić information content (AvgIpc) is 2.97. The van der Waals surface area contributed by atoms with Gasteiger partial charge in [-0.15, -0.1) is 0 Å². The van der Waals surface area contributed by atoms with Crippen LogP contribution in [0.3, 0.4) is 0 Å². The Labute approximate surface area is 150 Å². The first-order valence-corrected chi connectivity index (χ1v) is 9.05. The molecule has 3 rings (SSSR count). The number of carbonyl (C=O) groups excluding carboxylic acids is 1. The summed E-state index contributed by atoms with van der Waals surface area (Å²) in [6.07, 6.45) is 3.43. The van der Waals surface area contributed by atoms with Gasteiger partial charge < -0.3 is 9.88 Å². The Morgan fingerprint density at radius 1 is 1.08 bits per heavy atom. The molecule has 0 bridgehead atoms. The third-order valence-electron chi connectivity index (χ3n) is 4.27. The molecule has 0 saturated carbocycles. The van der Waals surface area contributed by atoms with E-state index < -0.39 is 0 Å². The summed E-state index contributed by atoms with van der Waals surface area (Å²) in [5.74, 6) is 0.0825. The van der Waals surface area contributed by atoms with E-state index in [-0.39, 0.29) is 5.91 Å². The van der Waals surface area contributed by atoms with Gasteiger partial charge in [-0.3, -0.25) is 4.79 Å². The summed E-state index contributed by atoms with van der Waals surface area (Å²) in [5, 5.41) is 4.25. The predicted octanol–water partition coefficient (Wildman–Crippen LogP) is 4.67. The minimum Gasteiger partial charge on any atom is -0.352 e. The number of aromatic nitrogens is 1. The Bertz CT molecular complexity index is 854. The second-order valence-corrected chi connectivity index (χ2v) is 6.68. The average molecular weight is 385 g/mol. The van der Waals surface area contributed by atoms with Gasteiger partial charge >= 0.3 is 0 Å². The van der Waals surface area contributed by atoms with Gasteiger partial charge in [0.2, 0.25) is 5.91 Å². The van der Waals surface area contributed by atoms with Crippen molar-refractivity contribution in [1.82, 2.24) is 9.88 Å². The molecule has 1 N–H and O–H groups in total. The Morgan fingerprint density at radius 3 is 2.62 bits per heavy atom. The van der Waals surface area contributed by atoms with E-state index in [1.165, 1.54) is 16.5 Å². The second-order valence-electron chi connectivity index (χ2n) is 5.83. The highest BCUT2D eigenvalue weighted by atomic mass is 79.9. The molecule has 3 nitrogen and oxygen atoms in total. The molecule has 0 fully saturated rings. The predicted molar refractivity (Wildman–Crippen MR) is 102 cm³/mol. The van der Waals surface area contributed by atoms with E-state index >= 15 is 0 Å². The number of nitrogens with one attached hydrogen (secondary N) is 1. The molecule has 0 atom stereocenters. The number of hydrogen-bond acceptors (Lipinski definition) is 1. The molecular formula is C20H21BrN2O. The molecule has 0 unspecified atom stereocenters. The van der Waals surface area contributed by atoms with Crippen LogP contribution in [0.5, 0.6) is 0 Å². The molecule has 1 heterocycles. The lowest BCUT2D eigenvalue weighted by molar-refractivity contribution is -0.121. The molecular weight excluding hydrogens is 364 g/mol. The molecule has 24 heavy (non-hydrogen) atoms. The van der Waals surface area contributed by atoms with Crippen LogP contribution in [0.15, 0.2) is 59.2 Å². The molecule has 0 aliphatic heterocycles. The van der Waals surface area contributed by atoms with Crippen LogP contribution < -0.4 is 5.32 Å². The van der Waals surface area contributed by atoms with Crippen molar-refractivity contribution in [2.75, 3.05) is 0 Å². The minimum absolute atomic E-state index is 0.0825. The SMILES string of the molecule is CCn1cc(CCC(=O)NCc2ccccc2Br)c2ccccc21. The van der Waals surface area contributed by atoms with Crippen LogP contribution in [0.1, 0.15) is 24.5 Å². The van der Waals surface area contributed by atoms with Crippen molar-refractivity contribution < 1.29 is 4.79 Å². The van der Waals surface area contributed by atoms with E-state index in [0.717, 1.165) is 23.0 Å². The van der Waals surface area contributed by atoms with Crippen molar-refractivity contribution in [1.29, 1.82) is 0 Å². The van der Waals surface area contributed by atoms with E-state index in [1.807, 2.05) is 24.3 Å². The number of aryl methyl sites for hydroxylation is 2. The quantitative estimate of drug-likeness (QED) is 0.657. The summed E-state index contributed by atoms with van der Waals surface area (Å²) < 4.78 is 3.26. The molecule has 3 aromatic rings. The molecule has 0 saturated heterocycles. The topological polar surface area (TPSA) is 34.0 Å². The number of halogens is 1. The van der Waals surface area contributed by atoms with Gasteiger partial charge in [-0.25, -0.2) is 0 Å². The number of fused-ring (bicyclic) bond motifs is 1. The fraction of sp³-hybridized carbons (Fsp3) is 0.250. The van der Waals surface area contributed by atoms with Crippen LogP contribution in [-0.2, 0) is 24.3 Å². The van der Waals surface area contributed by atoms with Gasteiger partial charge in [0.15, 0.2) is 0 Å². The number of benzene rings is 2. The fourth-order valence-corrected chi connectivity index (χ4v) is 3.38. The van der Waals surface area contributed by atoms with E-state index in [4.69, 9.17) is 0 Å². The summed E-state index contributed by atoms with van der Waals surface area (Å²) in [5.41, 5.74) is 3.57. The maximum atomic E-state index is 12.2. The summed E-state index contributed by atoms with van der Waals surface area (Å²) in [4.78, 5) is 12.2. The third kappa shape index (κ3) is 3.70. The Morgan fingerprint density at radius 2 is 1.83 bits per heavy atom. The Kier molecular flexibility index (Phi) is 5.36. The van der Waals surface area contributed by atoms with Crippen LogP contribution in [0.4, 0.5) is 0 Å². The van der Waals surface area contributed by atoms with E-state index in [0.29, 0.717) is 13.0 Å². The van der Waals surface area contributed by atoms with Crippen molar-refractivity contribution in [2.24, 2.45) is 0 Å². The highest BCUT2D eigenvalue weighted by Gasteiger charge is 2.09. The smallest absolute Gasteiger partial charge is 0.220 e. The van der Waals surface area contributed by atoms with Crippen molar-refractivity contribution in [3.63, 3.8) is 0 Å².